The summed E-state index contributed by atoms with van der Waals surface area (Å²) in [4.78, 5) is 29.2. The number of allylic oxidation sites excluding steroid dienone is 1. The minimum Gasteiger partial charge on any atom is -0.497 e. The number of pyridine rings is 1. The number of aryl methyl sites for hydroxylation is 1. The van der Waals surface area contributed by atoms with Gasteiger partial charge in [0.25, 0.3) is 5.56 Å². The number of hydrogen-bond acceptors (Lipinski definition) is 4. The number of hydrogen-bond donors (Lipinski definition) is 1. The van der Waals surface area contributed by atoms with Gasteiger partial charge >= 0.3 is 0 Å². The van der Waals surface area contributed by atoms with E-state index in [0.717, 1.165) is 16.5 Å². The highest BCUT2D eigenvalue weighted by molar-refractivity contribution is 6.15. The lowest BCUT2D eigenvalue weighted by Gasteiger charge is -2.12. The van der Waals surface area contributed by atoms with Crippen molar-refractivity contribution in [3.8, 4) is 22.6 Å². The van der Waals surface area contributed by atoms with Crippen LogP contribution in [0.15, 0.2) is 77.6 Å². The number of ketones is 1. The number of aromatic amines is 1. The molecule has 3 aromatic carbocycles. The van der Waals surface area contributed by atoms with E-state index in [0.29, 0.717) is 28.1 Å². The number of fused-ring (bicyclic) bond motifs is 1. The summed E-state index contributed by atoms with van der Waals surface area (Å²) in [7, 11) is 3.13. The lowest BCUT2D eigenvalue weighted by Crippen LogP contribution is -2.18. The zero-order valence-electron chi connectivity index (χ0n) is 18.1. The van der Waals surface area contributed by atoms with Crippen LogP contribution in [0.4, 0.5) is 0 Å². The summed E-state index contributed by atoms with van der Waals surface area (Å²) in [6, 6.07) is 20.6. The Kier molecular flexibility index (Phi) is 5.90. The molecule has 1 aromatic heterocycles. The molecule has 1 N–H and O–H groups in total. The molecular weight excluding hydrogens is 402 g/mol. The molecule has 0 aliphatic heterocycles. The molecule has 0 spiro atoms. The third-order valence-electron chi connectivity index (χ3n) is 5.33. The van der Waals surface area contributed by atoms with Gasteiger partial charge in [-0.1, -0.05) is 42.0 Å². The molecule has 0 aliphatic rings. The van der Waals surface area contributed by atoms with Gasteiger partial charge in [-0.2, -0.15) is 0 Å². The molecule has 0 saturated carbocycles. The molecule has 5 heteroatoms. The predicted molar refractivity (Wildman–Crippen MR) is 128 cm³/mol. The van der Waals surface area contributed by atoms with Gasteiger partial charge in [0, 0.05) is 22.0 Å². The van der Waals surface area contributed by atoms with Crippen molar-refractivity contribution in [1.82, 2.24) is 4.98 Å². The highest BCUT2D eigenvalue weighted by Crippen LogP contribution is 2.31. The number of benzene rings is 3. The van der Waals surface area contributed by atoms with Crippen molar-refractivity contribution in [2.45, 2.75) is 6.92 Å². The van der Waals surface area contributed by atoms with E-state index in [1.54, 1.807) is 38.5 Å². The Balaban J connectivity index is 1.89. The molecular formula is C27H23NO4. The van der Waals surface area contributed by atoms with Gasteiger partial charge < -0.3 is 14.5 Å². The fourth-order valence-corrected chi connectivity index (χ4v) is 3.77. The Morgan fingerprint density at radius 2 is 1.72 bits per heavy atom. The molecule has 0 bridgehead atoms. The summed E-state index contributed by atoms with van der Waals surface area (Å²) in [6.45, 7) is 1.98. The number of H-pyrrole nitrogens is 1. The van der Waals surface area contributed by atoms with Crippen LogP contribution in [0.1, 0.15) is 21.5 Å². The first-order chi connectivity index (χ1) is 15.5. The Bertz CT molecular complexity index is 1380. The van der Waals surface area contributed by atoms with Crippen molar-refractivity contribution >= 4 is 22.8 Å². The SMILES string of the molecule is COc1ccc(OC)c(/C=C\C(=O)c2c(-c3ccccc3)c3cc(C)ccc3[nH]c2=O)c1. The molecule has 4 rings (SSSR count). The molecule has 4 aromatic rings. The van der Waals surface area contributed by atoms with E-state index >= 15 is 0 Å². The smallest absolute Gasteiger partial charge is 0.260 e. The zero-order valence-corrected chi connectivity index (χ0v) is 18.1. The molecule has 32 heavy (non-hydrogen) atoms. The van der Waals surface area contributed by atoms with Gasteiger partial charge in [0.05, 0.1) is 19.8 Å². The molecule has 1 heterocycles. The van der Waals surface area contributed by atoms with E-state index in [2.05, 4.69) is 4.98 Å². The standard InChI is InChI=1S/C27H23NO4/c1-17-9-12-22-21(15-17)25(18-7-5-4-6-8-18)26(27(30)28-22)23(29)13-10-19-16-20(31-2)11-14-24(19)32-3/h4-16H,1-3H3,(H,28,30)/b13-10-. The maximum atomic E-state index is 13.3. The van der Waals surface area contributed by atoms with Gasteiger partial charge in [0.2, 0.25) is 0 Å². The number of ether oxygens (including phenoxy) is 2. The Morgan fingerprint density at radius 3 is 2.44 bits per heavy atom. The van der Waals surface area contributed by atoms with E-state index in [-0.39, 0.29) is 5.56 Å². The highest BCUT2D eigenvalue weighted by atomic mass is 16.5. The third-order valence-corrected chi connectivity index (χ3v) is 5.33. The molecule has 0 radical (unpaired) electrons. The fourth-order valence-electron chi connectivity index (χ4n) is 3.77. The van der Waals surface area contributed by atoms with Crippen LogP contribution >= 0.6 is 0 Å². The predicted octanol–water partition coefficient (Wildman–Crippen LogP) is 5.42. The summed E-state index contributed by atoms with van der Waals surface area (Å²) >= 11 is 0. The number of nitrogens with one attached hydrogen (secondary N) is 1. The van der Waals surface area contributed by atoms with Crippen LogP contribution in [0.5, 0.6) is 11.5 Å². The van der Waals surface area contributed by atoms with Gasteiger partial charge in [-0.05, 0) is 55.0 Å². The summed E-state index contributed by atoms with van der Waals surface area (Å²) in [6.07, 6.45) is 3.04. The van der Waals surface area contributed by atoms with Crippen molar-refractivity contribution < 1.29 is 14.3 Å². The van der Waals surface area contributed by atoms with Gasteiger partial charge in [-0.3, -0.25) is 9.59 Å². The molecule has 5 nitrogen and oxygen atoms in total. The van der Waals surface area contributed by atoms with Gasteiger partial charge in [-0.15, -0.1) is 0 Å². The van der Waals surface area contributed by atoms with E-state index in [1.807, 2.05) is 55.5 Å². The highest BCUT2D eigenvalue weighted by Gasteiger charge is 2.19. The van der Waals surface area contributed by atoms with E-state index in [1.165, 1.54) is 6.08 Å². The Morgan fingerprint density at radius 1 is 0.938 bits per heavy atom. The van der Waals surface area contributed by atoms with Crippen LogP contribution in [-0.4, -0.2) is 25.0 Å². The monoisotopic (exact) mass is 425 g/mol. The number of carbonyl (C=O) groups is 1. The average Bonchev–Trinajstić information content (AvgIpc) is 2.82. The molecule has 0 unspecified atom stereocenters. The number of methoxy groups -OCH3 is 2. The largest absolute Gasteiger partial charge is 0.497 e. The first-order valence-corrected chi connectivity index (χ1v) is 10.2. The van der Waals surface area contributed by atoms with Gasteiger partial charge in [0.1, 0.15) is 11.5 Å². The molecule has 0 amide bonds. The second kappa shape index (κ2) is 8.94. The van der Waals surface area contributed by atoms with Crippen LogP contribution in [0, 0.1) is 6.92 Å². The maximum Gasteiger partial charge on any atom is 0.260 e. The topological polar surface area (TPSA) is 68.4 Å². The zero-order chi connectivity index (χ0) is 22.7. The van der Waals surface area contributed by atoms with E-state index in [4.69, 9.17) is 9.47 Å². The summed E-state index contributed by atoms with van der Waals surface area (Å²) in [5.41, 5.74) is 3.52. The van der Waals surface area contributed by atoms with Gasteiger partial charge in [0.15, 0.2) is 5.78 Å². The summed E-state index contributed by atoms with van der Waals surface area (Å²) in [5.74, 6) is 0.849. The van der Waals surface area contributed by atoms with E-state index in [9.17, 15) is 9.59 Å². The number of carbonyl (C=O) groups excluding carboxylic acids is 1. The fraction of sp³-hybridized carbons (Fsp3) is 0.111. The summed E-state index contributed by atoms with van der Waals surface area (Å²) in [5, 5.41) is 0.825. The molecule has 0 fully saturated rings. The van der Waals surface area contributed by atoms with Crippen LogP contribution in [0.2, 0.25) is 0 Å². The van der Waals surface area contributed by atoms with Crippen molar-refractivity contribution in [3.05, 3.63) is 99.9 Å². The second-order valence-electron chi connectivity index (χ2n) is 7.42. The molecule has 0 saturated heterocycles. The first-order valence-electron chi connectivity index (χ1n) is 10.2. The summed E-state index contributed by atoms with van der Waals surface area (Å²) < 4.78 is 10.7. The van der Waals surface area contributed by atoms with Crippen LogP contribution < -0.4 is 15.0 Å². The lowest BCUT2D eigenvalue weighted by molar-refractivity contribution is 0.104. The normalized spacial score (nSPS) is 11.1. The van der Waals surface area contributed by atoms with Gasteiger partial charge in [-0.25, -0.2) is 0 Å². The van der Waals surface area contributed by atoms with Crippen LogP contribution in [0.25, 0.3) is 28.1 Å². The third kappa shape index (κ3) is 4.05. The van der Waals surface area contributed by atoms with Crippen LogP contribution in [0.3, 0.4) is 0 Å². The van der Waals surface area contributed by atoms with Crippen molar-refractivity contribution in [2.24, 2.45) is 0 Å². The maximum absolute atomic E-state index is 13.3. The Labute approximate surface area is 185 Å². The average molecular weight is 425 g/mol. The molecule has 0 atom stereocenters. The minimum absolute atomic E-state index is 0.104. The Hall–Kier alpha value is -4.12. The minimum atomic E-state index is -0.424. The lowest BCUT2D eigenvalue weighted by atomic mass is 9.93. The second-order valence-corrected chi connectivity index (χ2v) is 7.42. The molecule has 0 aliphatic carbocycles. The van der Waals surface area contributed by atoms with Crippen LogP contribution in [-0.2, 0) is 0 Å². The molecule has 160 valence electrons. The quantitative estimate of drug-likeness (QED) is 0.331. The number of rotatable bonds is 6. The van der Waals surface area contributed by atoms with Crippen molar-refractivity contribution in [1.29, 1.82) is 0 Å². The van der Waals surface area contributed by atoms with E-state index < -0.39 is 11.3 Å². The van der Waals surface area contributed by atoms with Crippen molar-refractivity contribution in [3.63, 3.8) is 0 Å². The first kappa shape index (κ1) is 21.1. The van der Waals surface area contributed by atoms with Crippen molar-refractivity contribution in [2.75, 3.05) is 14.2 Å². The number of aromatic nitrogens is 1.